The molecule has 0 saturated heterocycles. The Kier molecular flexibility index (Phi) is 3.71. The third-order valence-corrected chi connectivity index (χ3v) is 0.777. The minimum absolute atomic E-state index is 0.294. The molecule has 41 valence electrons. The summed E-state index contributed by atoms with van der Waals surface area (Å²) in [6.07, 6.45) is 3.75. The Morgan fingerprint density at radius 2 is 2.43 bits per heavy atom. The Hall–Kier alpha value is -0.300. The quantitative estimate of drug-likeness (QED) is 0.550. The van der Waals surface area contributed by atoms with Gasteiger partial charge >= 0.3 is 0 Å². The Labute approximate surface area is 44.7 Å². The first kappa shape index (κ1) is 6.70. The SMILES string of the molecule is [CH2]C=CC(O)CC. The van der Waals surface area contributed by atoms with E-state index < -0.39 is 0 Å². The maximum atomic E-state index is 8.73. The average Bonchev–Trinajstić information content (AvgIpc) is 1.68. The second-order valence-corrected chi connectivity index (χ2v) is 1.40. The highest BCUT2D eigenvalue weighted by molar-refractivity contribution is 4.89. The maximum absolute atomic E-state index is 8.73. The van der Waals surface area contributed by atoms with Crippen LogP contribution in [0.25, 0.3) is 0 Å². The lowest BCUT2D eigenvalue weighted by molar-refractivity contribution is 0.219. The molecule has 1 nitrogen and oxygen atoms in total. The van der Waals surface area contributed by atoms with Gasteiger partial charge in [-0.3, -0.25) is 0 Å². The third-order valence-electron chi connectivity index (χ3n) is 0.777. The van der Waals surface area contributed by atoms with Gasteiger partial charge in [-0.05, 0) is 13.3 Å². The molecule has 0 fully saturated rings. The van der Waals surface area contributed by atoms with Gasteiger partial charge < -0.3 is 5.11 Å². The van der Waals surface area contributed by atoms with Crippen LogP contribution in [0, 0.1) is 6.92 Å². The number of hydrogen-bond donors (Lipinski definition) is 1. The zero-order valence-corrected chi connectivity index (χ0v) is 4.59. The third kappa shape index (κ3) is 3.53. The van der Waals surface area contributed by atoms with E-state index >= 15 is 0 Å². The fraction of sp³-hybridized carbons (Fsp3) is 0.500. The van der Waals surface area contributed by atoms with Crippen LogP contribution >= 0.6 is 0 Å². The zero-order valence-electron chi connectivity index (χ0n) is 4.59. The van der Waals surface area contributed by atoms with Crippen LogP contribution in [0.15, 0.2) is 12.2 Å². The summed E-state index contributed by atoms with van der Waals surface area (Å²) in [6, 6.07) is 0. The van der Waals surface area contributed by atoms with Crippen molar-refractivity contribution in [1.82, 2.24) is 0 Å². The minimum Gasteiger partial charge on any atom is -0.389 e. The second-order valence-electron chi connectivity index (χ2n) is 1.40. The van der Waals surface area contributed by atoms with Crippen LogP contribution in [0.4, 0.5) is 0 Å². The second kappa shape index (κ2) is 3.88. The van der Waals surface area contributed by atoms with Crippen LogP contribution in [0.2, 0.25) is 0 Å². The van der Waals surface area contributed by atoms with Gasteiger partial charge in [0.2, 0.25) is 0 Å². The summed E-state index contributed by atoms with van der Waals surface area (Å²) in [5, 5.41) is 8.73. The molecule has 0 spiro atoms. The fourth-order valence-corrected chi connectivity index (χ4v) is 0.293. The summed E-state index contributed by atoms with van der Waals surface area (Å²) < 4.78 is 0. The van der Waals surface area contributed by atoms with Gasteiger partial charge in [0.15, 0.2) is 0 Å². The molecule has 0 saturated carbocycles. The van der Waals surface area contributed by atoms with E-state index in [1.165, 1.54) is 0 Å². The van der Waals surface area contributed by atoms with Crippen molar-refractivity contribution in [3.8, 4) is 0 Å². The summed E-state index contributed by atoms with van der Waals surface area (Å²) >= 11 is 0. The van der Waals surface area contributed by atoms with E-state index in [1.54, 1.807) is 12.2 Å². The number of aliphatic hydroxyl groups excluding tert-OH is 1. The number of aliphatic hydroxyl groups is 1. The van der Waals surface area contributed by atoms with Crippen molar-refractivity contribution in [2.45, 2.75) is 19.4 Å². The molecule has 0 aromatic heterocycles. The lowest BCUT2D eigenvalue weighted by Crippen LogP contribution is -1.96. The van der Waals surface area contributed by atoms with Gasteiger partial charge in [0.25, 0.3) is 0 Å². The van der Waals surface area contributed by atoms with Crippen molar-refractivity contribution < 1.29 is 5.11 Å². The van der Waals surface area contributed by atoms with E-state index in [0.717, 1.165) is 6.42 Å². The maximum Gasteiger partial charge on any atom is 0.0718 e. The monoisotopic (exact) mass is 99.1 g/mol. The highest BCUT2D eigenvalue weighted by Crippen LogP contribution is 1.89. The van der Waals surface area contributed by atoms with Crippen molar-refractivity contribution >= 4 is 0 Å². The van der Waals surface area contributed by atoms with Crippen LogP contribution in [0.1, 0.15) is 13.3 Å². The molecule has 0 aliphatic carbocycles. The van der Waals surface area contributed by atoms with E-state index in [0.29, 0.717) is 0 Å². The van der Waals surface area contributed by atoms with Crippen molar-refractivity contribution in [2.24, 2.45) is 0 Å². The minimum atomic E-state index is -0.294. The van der Waals surface area contributed by atoms with Gasteiger partial charge in [0.1, 0.15) is 0 Å². The van der Waals surface area contributed by atoms with Crippen molar-refractivity contribution in [2.75, 3.05) is 0 Å². The normalized spacial score (nSPS) is 15.3. The molecule has 0 bridgehead atoms. The van der Waals surface area contributed by atoms with Crippen molar-refractivity contribution in [3.63, 3.8) is 0 Å². The fourth-order valence-electron chi connectivity index (χ4n) is 0.293. The molecule has 1 atom stereocenters. The zero-order chi connectivity index (χ0) is 5.70. The molecule has 0 aromatic carbocycles. The molecule has 1 radical (unpaired) electrons. The summed E-state index contributed by atoms with van der Waals surface area (Å²) in [6.45, 7) is 5.35. The molecule has 0 amide bonds. The largest absolute Gasteiger partial charge is 0.389 e. The Morgan fingerprint density at radius 1 is 1.86 bits per heavy atom. The summed E-state index contributed by atoms with van der Waals surface area (Å²) in [7, 11) is 0. The first-order valence-electron chi connectivity index (χ1n) is 2.45. The Morgan fingerprint density at radius 3 is 2.57 bits per heavy atom. The van der Waals surface area contributed by atoms with Crippen molar-refractivity contribution in [1.29, 1.82) is 0 Å². The van der Waals surface area contributed by atoms with Gasteiger partial charge in [0, 0.05) is 0 Å². The summed E-state index contributed by atoms with van der Waals surface area (Å²) in [4.78, 5) is 0. The molecule has 0 rings (SSSR count). The average molecular weight is 99.2 g/mol. The van der Waals surface area contributed by atoms with Crippen LogP contribution in [-0.2, 0) is 0 Å². The highest BCUT2D eigenvalue weighted by Gasteiger charge is 1.87. The van der Waals surface area contributed by atoms with E-state index in [4.69, 9.17) is 5.11 Å². The topological polar surface area (TPSA) is 20.2 Å². The van der Waals surface area contributed by atoms with E-state index in [-0.39, 0.29) is 6.10 Å². The van der Waals surface area contributed by atoms with Crippen LogP contribution < -0.4 is 0 Å². The molecule has 1 heteroatoms. The van der Waals surface area contributed by atoms with Crippen molar-refractivity contribution in [3.05, 3.63) is 19.1 Å². The van der Waals surface area contributed by atoms with E-state index in [2.05, 4.69) is 6.92 Å². The summed E-state index contributed by atoms with van der Waals surface area (Å²) in [5.74, 6) is 0. The molecule has 1 unspecified atom stereocenters. The van der Waals surface area contributed by atoms with E-state index in [1.807, 2.05) is 6.92 Å². The first-order chi connectivity index (χ1) is 3.31. The molecular weight excluding hydrogens is 88.1 g/mol. The van der Waals surface area contributed by atoms with Crippen LogP contribution in [-0.4, -0.2) is 11.2 Å². The van der Waals surface area contributed by atoms with Gasteiger partial charge in [-0.15, -0.1) is 0 Å². The van der Waals surface area contributed by atoms with Crippen LogP contribution in [0.3, 0.4) is 0 Å². The predicted molar refractivity (Wildman–Crippen MR) is 30.8 cm³/mol. The predicted octanol–water partition coefficient (Wildman–Crippen LogP) is 1.15. The van der Waals surface area contributed by atoms with Gasteiger partial charge in [-0.25, -0.2) is 0 Å². The number of hydrogen-bond acceptors (Lipinski definition) is 1. The molecule has 0 heterocycles. The Bertz CT molecular complexity index is 57.2. The molecule has 0 aliphatic rings. The van der Waals surface area contributed by atoms with Gasteiger partial charge in [-0.2, -0.15) is 0 Å². The lowest BCUT2D eigenvalue weighted by Gasteiger charge is -1.95. The van der Waals surface area contributed by atoms with Crippen LogP contribution in [0.5, 0.6) is 0 Å². The standard InChI is InChI=1S/C6H11O/c1-3-5-6(7)4-2/h3,5-7H,1,4H2,2H3. The molecular formula is C6H11O. The number of allylic oxidation sites excluding steroid dienone is 1. The van der Waals surface area contributed by atoms with Gasteiger partial charge in [-0.1, -0.05) is 19.1 Å². The summed E-state index contributed by atoms with van der Waals surface area (Å²) in [5.41, 5.74) is 0. The molecule has 0 aromatic rings. The number of rotatable bonds is 2. The molecule has 7 heavy (non-hydrogen) atoms. The smallest absolute Gasteiger partial charge is 0.0718 e. The molecule has 0 aliphatic heterocycles. The Balaban J connectivity index is 3.16. The van der Waals surface area contributed by atoms with E-state index in [9.17, 15) is 0 Å². The molecule has 1 N–H and O–H groups in total. The first-order valence-corrected chi connectivity index (χ1v) is 2.45. The lowest BCUT2D eigenvalue weighted by atomic mass is 10.3. The van der Waals surface area contributed by atoms with Gasteiger partial charge in [0.05, 0.1) is 6.10 Å². The highest BCUT2D eigenvalue weighted by atomic mass is 16.3.